The molecule has 166 valence electrons. The summed E-state index contributed by atoms with van der Waals surface area (Å²) in [4.78, 5) is 21.5. The molecule has 1 N–H and O–H groups in total. The quantitative estimate of drug-likeness (QED) is 0.315. The number of benzene rings is 2. The topological polar surface area (TPSA) is 87.4 Å². The molecule has 2 aromatic rings. The number of rotatable bonds is 12. The van der Waals surface area contributed by atoms with Gasteiger partial charge in [-0.25, -0.2) is 0 Å². The van der Waals surface area contributed by atoms with Crippen LogP contribution in [0.25, 0.3) is 0 Å². The largest absolute Gasteiger partial charge is 0.494 e. The van der Waals surface area contributed by atoms with Crippen molar-refractivity contribution < 1.29 is 19.4 Å². The van der Waals surface area contributed by atoms with Crippen molar-refractivity contribution in [2.75, 3.05) is 6.61 Å². The Morgan fingerprint density at radius 3 is 2.06 bits per heavy atom. The van der Waals surface area contributed by atoms with E-state index in [0.29, 0.717) is 23.3 Å². The van der Waals surface area contributed by atoms with E-state index in [9.17, 15) is 4.79 Å². The molecule has 0 amide bonds. The number of hydrogen-bond donors (Lipinski definition) is 1. The lowest BCUT2D eigenvalue weighted by molar-refractivity contribution is -0.134. The standard InChI is InChI=1S/C24H29NO2.C2H4O2/c1-2-3-4-5-6-7-8-9-17-27-23-15-13-21(14-16-23)24(26)22-12-10-11-20(18-22)19-25;1-2(3)4/h10-16,18H,2-9,17H2,1H3;1H3,(H,3,4). The molecule has 0 atom stereocenters. The summed E-state index contributed by atoms with van der Waals surface area (Å²) in [6.07, 6.45) is 10.2. The highest BCUT2D eigenvalue weighted by Gasteiger charge is 2.09. The molecule has 0 spiro atoms. The molecule has 31 heavy (non-hydrogen) atoms. The van der Waals surface area contributed by atoms with Crippen molar-refractivity contribution in [1.82, 2.24) is 0 Å². The maximum absolute atomic E-state index is 12.5. The fourth-order valence-electron chi connectivity index (χ4n) is 3.03. The van der Waals surface area contributed by atoms with E-state index in [1.807, 2.05) is 12.1 Å². The zero-order valence-electron chi connectivity index (χ0n) is 18.6. The highest BCUT2D eigenvalue weighted by Crippen LogP contribution is 2.17. The van der Waals surface area contributed by atoms with Gasteiger partial charge in [-0.3, -0.25) is 9.59 Å². The molecule has 5 nitrogen and oxygen atoms in total. The third-order valence-electron chi connectivity index (χ3n) is 4.64. The van der Waals surface area contributed by atoms with Crippen LogP contribution >= 0.6 is 0 Å². The maximum Gasteiger partial charge on any atom is 0.300 e. The normalized spacial score (nSPS) is 9.84. The molecule has 0 aliphatic carbocycles. The second-order valence-corrected chi connectivity index (χ2v) is 7.39. The number of ketones is 1. The number of aliphatic carboxylic acids is 1. The lowest BCUT2D eigenvalue weighted by Gasteiger charge is -2.07. The number of carbonyl (C=O) groups excluding carboxylic acids is 1. The van der Waals surface area contributed by atoms with Crippen LogP contribution in [-0.4, -0.2) is 23.5 Å². The van der Waals surface area contributed by atoms with Crippen LogP contribution in [0, 0.1) is 11.3 Å². The Balaban J connectivity index is 0.00000110. The third kappa shape index (κ3) is 11.6. The van der Waals surface area contributed by atoms with Crippen LogP contribution in [0.5, 0.6) is 5.75 Å². The smallest absolute Gasteiger partial charge is 0.300 e. The second-order valence-electron chi connectivity index (χ2n) is 7.39. The Hall–Kier alpha value is -3.13. The van der Waals surface area contributed by atoms with Crippen molar-refractivity contribution in [3.63, 3.8) is 0 Å². The first-order chi connectivity index (χ1) is 15.0. The van der Waals surface area contributed by atoms with Crippen LogP contribution in [0.4, 0.5) is 0 Å². The molecule has 0 aromatic heterocycles. The molecular weight excluding hydrogens is 390 g/mol. The summed E-state index contributed by atoms with van der Waals surface area (Å²) < 4.78 is 5.77. The van der Waals surface area contributed by atoms with Crippen molar-refractivity contribution in [1.29, 1.82) is 5.26 Å². The zero-order valence-corrected chi connectivity index (χ0v) is 18.6. The highest BCUT2D eigenvalue weighted by atomic mass is 16.5. The van der Waals surface area contributed by atoms with Gasteiger partial charge in [-0.15, -0.1) is 0 Å². The van der Waals surface area contributed by atoms with Crippen molar-refractivity contribution in [2.45, 2.75) is 65.2 Å². The SMILES string of the molecule is CC(=O)O.CCCCCCCCCCOc1ccc(C(=O)c2cccc(C#N)c2)cc1. The molecule has 0 saturated carbocycles. The second kappa shape index (κ2) is 15.7. The van der Waals surface area contributed by atoms with Gasteiger partial charge in [0, 0.05) is 18.1 Å². The summed E-state index contributed by atoms with van der Waals surface area (Å²) >= 11 is 0. The summed E-state index contributed by atoms with van der Waals surface area (Å²) in [6, 6.07) is 16.1. The van der Waals surface area contributed by atoms with Crippen LogP contribution < -0.4 is 4.74 Å². The summed E-state index contributed by atoms with van der Waals surface area (Å²) in [5.74, 6) is -0.123. The predicted octanol–water partition coefficient (Wildman–Crippen LogP) is 6.40. The van der Waals surface area contributed by atoms with Gasteiger partial charge in [-0.2, -0.15) is 5.26 Å². The Kier molecular flexibility index (Phi) is 13.1. The molecule has 5 heteroatoms. The summed E-state index contributed by atoms with van der Waals surface area (Å²) in [5, 5.41) is 16.4. The van der Waals surface area contributed by atoms with E-state index >= 15 is 0 Å². The molecule has 2 rings (SSSR count). The minimum Gasteiger partial charge on any atom is -0.494 e. The number of carbonyl (C=O) groups is 2. The zero-order chi connectivity index (χ0) is 22.9. The molecule has 0 aliphatic heterocycles. The maximum atomic E-state index is 12.5. The van der Waals surface area contributed by atoms with Gasteiger partial charge in [0.2, 0.25) is 0 Å². The van der Waals surface area contributed by atoms with Crippen molar-refractivity contribution >= 4 is 11.8 Å². The first-order valence-electron chi connectivity index (χ1n) is 10.9. The average molecular weight is 424 g/mol. The number of hydrogen-bond acceptors (Lipinski definition) is 4. The average Bonchev–Trinajstić information content (AvgIpc) is 2.77. The number of carboxylic acids is 1. The molecule has 0 radical (unpaired) electrons. The summed E-state index contributed by atoms with van der Waals surface area (Å²) in [5.41, 5.74) is 1.62. The van der Waals surface area contributed by atoms with Crippen molar-refractivity contribution in [3.05, 3.63) is 65.2 Å². The molecule has 0 aliphatic rings. The van der Waals surface area contributed by atoms with Gasteiger partial charge >= 0.3 is 0 Å². The number of ether oxygens (including phenoxy) is 1. The van der Waals surface area contributed by atoms with Gasteiger partial charge < -0.3 is 9.84 Å². The molecule has 0 bridgehead atoms. The lowest BCUT2D eigenvalue weighted by atomic mass is 10.0. The fourth-order valence-corrected chi connectivity index (χ4v) is 3.03. The van der Waals surface area contributed by atoms with E-state index in [2.05, 4.69) is 13.0 Å². The number of carboxylic acid groups (broad SMARTS) is 1. The molecular formula is C26H33NO4. The predicted molar refractivity (Wildman–Crippen MR) is 122 cm³/mol. The van der Waals surface area contributed by atoms with Gasteiger partial charge in [-0.05, 0) is 42.8 Å². The number of nitrogens with zero attached hydrogens (tertiary/aromatic N) is 1. The Bertz CT molecular complexity index is 833. The Morgan fingerprint density at radius 1 is 0.903 bits per heavy atom. The van der Waals surface area contributed by atoms with E-state index < -0.39 is 5.97 Å². The highest BCUT2D eigenvalue weighted by molar-refractivity contribution is 6.09. The molecule has 0 saturated heterocycles. The minimum absolute atomic E-state index is 0.0817. The van der Waals surface area contributed by atoms with Crippen molar-refractivity contribution in [2.24, 2.45) is 0 Å². The Labute approximate surface area is 185 Å². The van der Waals surface area contributed by atoms with Crippen LogP contribution in [-0.2, 0) is 4.79 Å². The first-order valence-corrected chi connectivity index (χ1v) is 10.9. The van der Waals surface area contributed by atoms with Crippen LogP contribution in [0.1, 0.15) is 86.7 Å². The van der Waals surface area contributed by atoms with Gasteiger partial charge in [0.25, 0.3) is 5.97 Å². The summed E-state index contributed by atoms with van der Waals surface area (Å²) in [7, 11) is 0. The van der Waals surface area contributed by atoms with E-state index in [1.165, 1.54) is 44.9 Å². The van der Waals surface area contributed by atoms with Crippen LogP contribution in [0.15, 0.2) is 48.5 Å². The van der Waals surface area contributed by atoms with E-state index in [1.54, 1.807) is 36.4 Å². The molecule has 2 aromatic carbocycles. The Morgan fingerprint density at radius 2 is 1.48 bits per heavy atom. The van der Waals surface area contributed by atoms with Crippen LogP contribution in [0.2, 0.25) is 0 Å². The molecule has 0 unspecified atom stereocenters. The fraction of sp³-hybridized carbons (Fsp3) is 0.423. The summed E-state index contributed by atoms with van der Waals surface area (Å²) in [6.45, 7) is 4.04. The van der Waals surface area contributed by atoms with Gasteiger partial charge in [0.05, 0.1) is 18.2 Å². The third-order valence-corrected chi connectivity index (χ3v) is 4.64. The van der Waals surface area contributed by atoms with E-state index in [0.717, 1.165) is 19.1 Å². The van der Waals surface area contributed by atoms with Gasteiger partial charge in [0.1, 0.15) is 5.75 Å². The van der Waals surface area contributed by atoms with E-state index in [4.69, 9.17) is 19.9 Å². The van der Waals surface area contributed by atoms with E-state index in [-0.39, 0.29) is 5.78 Å². The molecule has 0 heterocycles. The lowest BCUT2D eigenvalue weighted by Crippen LogP contribution is -2.02. The number of nitriles is 1. The van der Waals surface area contributed by atoms with Gasteiger partial charge in [-0.1, -0.05) is 64.0 Å². The van der Waals surface area contributed by atoms with Crippen molar-refractivity contribution in [3.8, 4) is 11.8 Å². The van der Waals surface area contributed by atoms with Crippen LogP contribution in [0.3, 0.4) is 0 Å². The first kappa shape index (κ1) is 25.9. The van der Waals surface area contributed by atoms with Gasteiger partial charge in [0.15, 0.2) is 5.78 Å². The monoisotopic (exact) mass is 423 g/mol. The minimum atomic E-state index is -0.833. The number of unbranched alkanes of at least 4 members (excludes halogenated alkanes) is 7. The molecule has 0 fully saturated rings.